The Morgan fingerprint density at radius 1 is 1.22 bits per heavy atom. The molecule has 0 unspecified atom stereocenters. The van der Waals surface area contributed by atoms with Crippen molar-refractivity contribution in [3.63, 3.8) is 0 Å². The molecule has 1 saturated carbocycles. The molecule has 1 aromatic carbocycles. The highest BCUT2D eigenvalue weighted by Crippen LogP contribution is 2.40. The molecule has 2 N–H and O–H groups in total. The predicted molar refractivity (Wildman–Crippen MR) is 74.4 cm³/mol. The summed E-state index contributed by atoms with van der Waals surface area (Å²) in [6.07, 6.45) is 6.05. The molecule has 18 heavy (non-hydrogen) atoms. The van der Waals surface area contributed by atoms with Gasteiger partial charge in [-0.2, -0.15) is 0 Å². The van der Waals surface area contributed by atoms with Gasteiger partial charge in [-0.3, -0.25) is 0 Å². The van der Waals surface area contributed by atoms with Crippen LogP contribution in [-0.4, -0.2) is 6.54 Å². The van der Waals surface area contributed by atoms with E-state index in [1.54, 1.807) is 13.8 Å². The molecule has 0 atom stereocenters. The van der Waals surface area contributed by atoms with Gasteiger partial charge in [-0.25, -0.2) is 4.39 Å². The summed E-state index contributed by atoms with van der Waals surface area (Å²) in [5.41, 5.74) is 6.83. The molecule has 0 saturated heterocycles. The molecule has 0 aliphatic heterocycles. The molecule has 0 amide bonds. The van der Waals surface area contributed by atoms with Gasteiger partial charge in [0.25, 0.3) is 0 Å². The summed E-state index contributed by atoms with van der Waals surface area (Å²) in [6.45, 7) is 3.90. The van der Waals surface area contributed by atoms with Gasteiger partial charge in [0.05, 0.1) is 0 Å². The molecule has 2 rings (SSSR count). The number of alkyl halides is 1. The largest absolute Gasteiger partial charge is 0.330 e. The first-order chi connectivity index (χ1) is 8.48. The molecule has 0 heterocycles. The summed E-state index contributed by atoms with van der Waals surface area (Å²) >= 11 is 0. The first-order valence-corrected chi connectivity index (χ1v) is 6.98. The van der Waals surface area contributed by atoms with Crippen LogP contribution >= 0.6 is 0 Å². The van der Waals surface area contributed by atoms with Crippen molar-refractivity contribution in [1.29, 1.82) is 0 Å². The van der Waals surface area contributed by atoms with E-state index >= 15 is 0 Å². The maximum atomic E-state index is 14.1. The monoisotopic (exact) mass is 249 g/mol. The van der Waals surface area contributed by atoms with Gasteiger partial charge in [-0.15, -0.1) is 0 Å². The highest BCUT2D eigenvalue weighted by Gasteiger charge is 2.33. The van der Waals surface area contributed by atoms with Gasteiger partial charge < -0.3 is 5.73 Å². The van der Waals surface area contributed by atoms with Crippen LogP contribution in [-0.2, 0) is 11.1 Å². The maximum Gasteiger partial charge on any atom is 0.130 e. The standard InChI is InChI=1S/C16H24FN/c1-15(2,17)13-7-6-8-14(11-13)16(12-18)9-4-3-5-10-16/h6-8,11H,3-5,9-10,12,18H2,1-2H3. The summed E-state index contributed by atoms with van der Waals surface area (Å²) in [7, 11) is 0. The van der Waals surface area contributed by atoms with Gasteiger partial charge >= 0.3 is 0 Å². The molecule has 100 valence electrons. The lowest BCUT2D eigenvalue weighted by Gasteiger charge is -2.37. The van der Waals surface area contributed by atoms with Crippen LogP contribution in [0, 0.1) is 0 Å². The quantitative estimate of drug-likeness (QED) is 0.859. The van der Waals surface area contributed by atoms with E-state index in [1.165, 1.54) is 24.8 Å². The van der Waals surface area contributed by atoms with E-state index < -0.39 is 5.67 Å². The van der Waals surface area contributed by atoms with Crippen LogP contribution in [0.5, 0.6) is 0 Å². The number of hydrogen-bond acceptors (Lipinski definition) is 1. The van der Waals surface area contributed by atoms with E-state index in [-0.39, 0.29) is 5.41 Å². The number of hydrogen-bond donors (Lipinski definition) is 1. The van der Waals surface area contributed by atoms with Gasteiger partial charge in [-0.05, 0) is 37.8 Å². The van der Waals surface area contributed by atoms with Crippen LogP contribution in [0.2, 0.25) is 0 Å². The molecule has 0 bridgehead atoms. The van der Waals surface area contributed by atoms with Crippen molar-refractivity contribution < 1.29 is 4.39 Å². The van der Waals surface area contributed by atoms with Crippen molar-refractivity contribution in [3.05, 3.63) is 35.4 Å². The zero-order valence-electron chi connectivity index (χ0n) is 11.5. The van der Waals surface area contributed by atoms with Crippen molar-refractivity contribution in [1.82, 2.24) is 0 Å². The second-order valence-electron chi connectivity index (χ2n) is 6.10. The smallest absolute Gasteiger partial charge is 0.130 e. The molecule has 1 aliphatic carbocycles. The minimum Gasteiger partial charge on any atom is -0.330 e. The Morgan fingerprint density at radius 2 is 1.89 bits per heavy atom. The van der Waals surface area contributed by atoms with E-state index in [9.17, 15) is 4.39 Å². The fourth-order valence-corrected chi connectivity index (χ4v) is 3.06. The highest BCUT2D eigenvalue weighted by atomic mass is 19.1. The fraction of sp³-hybridized carbons (Fsp3) is 0.625. The molecule has 1 fully saturated rings. The normalized spacial score (nSPS) is 19.8. The number of benzene rings is 1. The van der Waals surface area contributed by atoms with Crippen molar-refractivity contribution >= 4 is 0 Å². The van der Waals surface area contributed by atoms with Crippen molar-refractivity contribution in [2.45, 2.75) is 57.0 Å². The first-order valence-electron chi connectivity index (χ1n) is 6.98. The van der Waals surface area contributed by atoms with Crippen LogP contribution in [0.4, 0.5) is 4.39 Å². The molecular weight excluding hydrogens is 225 g/mol. The topological polar surface area (TPSA) is 26.0 Å². The molecule has 0 radical (unpaired) electrons. The molecule has 1 aliphatic rings. The Morgan fingerprint density at radius 3 is 2.44 bits per heavy atom. The van der Waals surface area contributed by atoms with E-state index in [0.29, 0.717) is 6.54 Å². The summed E-state index contributed by atoms with van der Waals surface area (Å²) in [4.78, 5) is 0. The van der Waals surface area contributed by atoms with Crippen LogP contribution < -0.4 is 5.73 Å². The van der Waals surface area contributed by atoms with Crippen LogP contribution in [0.3, 0.4) is 0 Å². The van der Waals surface area contributed by atoms with Gasteiger partial charge in [0, 0.05) is 12.0 Å². The maximum absolute atomic E-state index is 14.1. The minimum absolute atomic E-state index is 0.0828. The van der Waals surface area contributed by atoms with E-state index in [4.69, 9.17) is 5.73 Å². The van der Waals surface area contributed by atoms with Crippen molar-refractivity contribution in [2.75, 3.05) is 6.54 Å². The highest BCUT2D eigenvalue weighted by molar-refractivity contribution is 5.33. The van der Waals surface area contributed by atoms with E-state index in [1.807, 2.05) is 18.2 Å². The molecule has 0 spiro atoms. The lowest BCUT2D eigenvalue weighted by molar-refractivity contribution is 0.220. The third-order valence-corrected chi connectivity index (χ3v) is 4.36. The van der Waals surface area contributed by atoms with Crippen LogP contribution in [0.1, 0.15) is 57.1 Å². The second kappa shape index (κ2) is 5.00. The number of halogens is 1. The average Bonchev–Trinajstić information content (AvgIpc) is 2.39. The van der Waals surface area contributed by atoms with E-state index in [2.05, 4.69) is 6.07 Å². The number of nitrogens with two attached hydrogens (primary N) is 1. The van der Waals surface area contributed by atoms with Crippen molar-refractivity contribution in [2.24, 2.45) is 5.73 Å². The molecular formula is C16H24FN. The average molecular weight is 249 g/mol. The Bertz CT molecular complexity index is 400. The summed E-state index contributed by atoms with van der Waals surface area (Å²) in [5, 5.41) is 0. The summed E-state index contributed by atoms with van der Waals surface area (Å²) in [5.74, 6) is 0. The lowest BCUT2D eigenvalue weighted by atomic mass is 9.69. The first kappa shape index (κ1) is 13.5. The fourth-order valence-electron chi connectivity index (χ4n) is 3.06. The van der Waals surface area contributed by atoms with Gasteiger partial charge in [-0.1, -0.05) is 43.5 Å². The molecule has 0 aromatic heterocycles. The molecule has 2 heteroatoms. The van der Waals surface area contributed by atoms with Gasteiger partial charge in [0.2, 0.25) is 0 Å². The van der Waals surface area contributed by atoms with Crippen LogP contribution in [0.25, 0.3) is 0 Å². The Hall–Kier alpha value is -0.890. The van der Waals surface area contributed by atoms with Gasteiger partial charge in [0.15, 0.2) is 0 Å². The molecule has 1 nitrogen and oxygen atoms in total. The third-order valence-electron chi connectivity index (χ3n) is 4.36. The Labute approximate surface area is 110 Å². The lowest BCUT2D eigenvalue weighted by Crippen LogP contribution is -2.37. The Balaban J connectivity index is 2.37. The predicted octanol–water partition coefficient (Wildman–Crippen LogP) is 4.05. The number of rotatable bonds is 3. The van der Waals surface area contributed by atoms with Crippen molar-refractivity contribution in [3.8, 4) is 0 Å². The zero-order valence-corrected chi connectivity index (χ0v) is 11.5. The third kappa shape index (κ3) is 2.59. The summed E-state index contributed by atoms with van der Waals surface area (Å²) < 4.78 is 14.1. The second-order valence-corrected chi connectivity index (χ2v) is 6.10. The summed E-state index contributed by atoms with van der Waals surface area (Å²) in [6, 6.07) is 7.99. The minimum atomic E-state index is -1.28. The SMILES string of the molecule is CC(C)(F)c1cccc(C2(CN)CCCCC2)c1. The zero-order chi connectivity index (χ0) is 13.2. The van der Waals surface area contributed by atoms with Crippen LogP contribution in [0.15, 0.2) is 24.3 Å². The Kier molecular flexibility index (Phi) is 3.76. The molecule has 1 aromatic rings. The van der Waals surface area contributed by atoms with Gasteiger partial charge in [0.1, 0.15) is 5.67 Å². The van der Waals surface area contributed by atoms with E-state index in [0.717, 1.165) is 18.4 Å².